The van der Waals surface area contributed by atoms with Crippen LogP contribution in [-0.2, 0) is 43.0 Å². The molecular weight excluding hydrogens is 745 g/mol. The Kier molecular flexibility index (Phi) is 14.9. The van der Waals surface area contributed by atoms with Crippen LogP contribution in [-0.4, -0.2) is 3.21 Å². The van der Waals surface area contributed by atoms with E-state index in [2.05, 4.69) is 88.4 Å². The van der Waals surface area contributed by atoms with E-state index in [0.29, 0.717) is 25.7 Å². The average molecular weight is 779 g/mol. The zero-order valence-electron chi connectivity index (χ0n) is 26.8. The van der Waals surface area contributed by atoms with Crippen LogP contribution in [0.1, 0.15) is 67.5 Å². The molecule has 0 bridgehead atoms. The standard InChI is InChI=1S/C15H8F6.C13H9.C11H17.2ClH.Zr/c16-14(17,18)12-5-1-10(2-6-12)9-11-3-7-13(8-4-11)15(19,20)21;1-3-7-12-10(5-1)9-11-6-2-4-8-13(11)12;1-5-9-6-7-10(8-9)11(2,3)4;;;/h1-8H;1-5,7-8H,9H2;7-9H,5H2,1-4H3;2*1H;/q;2*-1;;;+2/p-2. The number of fused-ring (bicyclic) bond motifs is 3. The molecule has 0 saturated heterocycles. The molecule has 0 nitrogen and oxygen atoms in total. The largest absolute Gasteiger partial charge is 1.00 e. The van der Waals surface area contributed by atoms with E-state index < -0.39 is 23.5 Å². The van der Waals surface area contributed by atoms with Crippen LogP contribution in [0.5, 0.6) is 0 Å². The van der Waals surface area contributed by atoms with Crippen LogP contribution in [0.25, 0.3) is 11.1 Å². The summed E-state index contributed by atoms with van der Waals surface area (Å²) in [6.45, 7) is 8.94. The fraction of sp³-hybridized carbons (Fsp3) is 0.256. The first-order chi connectivity index (χ1) is 21.6. The van der Waals surface area contributed by atoms with Gasteiger partial charge in [-0.3, -0.25) is 6.08 Å². The van der Waals surface area contributed by atoms with Crippen molar-refractivity contribution in [2.45, 2.75) is 52.9 Å². The van der Waals surface area contributed by atoms with Gasteiger partial charge in [0.2, 0.25) is 0 Å². The summed E-state index contributed by atoms with van der Waals surface area (Å²) in [6.07, 6.45) is 1.23. The molecule has 0 saturated carbocycles. The van der Waals surface area contributed by atoms with E-state index in [1.165, 1.54) is 58.5 Å². The Morgan fingerprint density at radius 2 is 1.23 bits per heavy atom. The minimum Gasteiger partial charge on any atom is -1.00 e. The Morgan fingerprint density at radius 3 is 1.67 bits per heavy atom. The summed E-state index contributed by atoms with van der Waals surface area (Å²) >= 11 is 0.898. The van der Waals surface area contributed by atoms with Gasteiger partial charge in [0.05, 0.1) is 0 Å². The zero-order chi connectivity index (χ0) is 33.7. The van der Waals surface area contributed by atoms with Gasteiger partial charge in [-0.05, 0) is 6.42 Å². The molecule has 2 aliphatic rings. The van der Waals surface area contributed by atoms with Crippen LogP contribution < -0.4 is 24.8 Å². The van der Waals surface area contributed by atoms with Crippen molar-refractivity contribution in [1.82, 2.24) is 0 Å². The maximum atomic E-state index is 12.5. The number of hydrogen-bond donors (Lipinski definition) is 0. The van der Waals surface area contributed by atoms with Gasteiger partial charge in [-0.1, -0.05) is 80.8 Å². The minimum absolute atomic E-state index is 0. The molecule has 0 N–H and O–H groups in total. The molecular formula is C39H34Cl2F6Zr-2. The number of halogens is 8. The quantitative estimate of drug-likeness (QED) is 0.173. The van der Waals surface area contributed by atoms with E-state index in [0.717, 1.165) is 54.9 Å². The Labute approximate surface area is 306 Å². The molecule has 48 heavy (non-hydrogen) atoms. The van der Waals surface area contributed by atoms with Crippen LogP contribution in [0.4, 0.5) is 26.3 Å². The first kappa shape index (κ1) is 41.4. The van der Waals surface area contributed by atoms with Crippen LogP contribution in [0, 0.1) is 23.5 Å². The molecule has 1 unspecified atom stereocenters. The van der Waals surface area contributed by atoms with Gasteiger partial charge in [-0.2, -0.15) is 41.5 Å². The van der Waals surface area contributed by atoms with E-state index in [4.69, 9.17) is 0 Å². The second-order valence-corrected chi connectivity index (χ2v) is 13.3. The van der Waals surface area contributed by atoms with Crippen LogP contribution in [0.3, 0.4) is 0 Å². The van der Waals surface area contributed by atoms with E-state index in [-0.39, 0.29) is 24.8 Å². The van der Waals surface area contributed by atoms with Crippen molar-refractivity contribution in [3.05, 3.63) is 154 Å². The van der Waals surface area contributed by atoms with Crippen LogP contribution in [0.2, 0.25) is 0 Å². The maximum Gasteiger partial charge on any atom is -0.0253 e. The third-order valence-corrected chi connectivity index (χ3v) is 9.18. The summed E-state index contributed by atoms with van der Waals surface area (Å²) in [6, 6.07) is 27.3. The summed E-state index contributed by atoms with van der Waals surface area (Å²) in [5.41, 5.74) is 6.86. The molecule has 6 rings (SSSR count). The molecule has 0 amide bonds. The van der Waals surface area contributed by atoms with Crippen molar-refractivity contribution in [2.24, 2.45) is 11.3 Å². The number of benzene rings is 4. The van der Waals surface area contributed by atoms with Gasteiger partial charge in [0.15, 0.2) is 0 Å². The predicted molar refractivity (Wildman–Crippen MR) is 169 cm³/mol. The fourth-order valence-electron chi connectivity index (χ4n) is 5.03. The topological polar surface area (TPSA) is 0 Å². The third kappa shape index (κ3) is 10.9. The molecule has 9 heteroatoms. The molecule has 2 aliphatic carbocycles. The number of alkyl halides is 6. The second kappa shape index (κ2) is 17.3. The van der Waals surface area contributed by atoms with Gasteiger partial charge >= 0.3 is 137 Å². The van der Waals surface area contributed by atoms with Gasteiger partial charge in [0.25, 0.3) is 0 Å². The van der Waals surface area contributed by atoms with Gasteiger partial charge in [-0.25, -0.2) is 6.08 Å². The molecule has 4 aromatic carbocycles. The first-order valence-electron chi connectivity index (χ1n) is 14.9. The Bertz CT molecular complexity index is 1610. The maximum absolute atomic E-state index is 12.5. The Balaban J connectivity index is 0.000000263. The van der Waals surface area contributed by atoms with Crippen molar-refractivity contribution in [1.29, 1.82) is 0 Å². The molecule has 0 radical (unpaired) electrons. The van der Waals surface area contributed by atoms with Crippen molar-refractivity contribution in [3.8, 4) is 11.1 Å². The Hall–Kier alpha value is -2.73. The zero-order valence-corrected chi connectivity index (χ0v) is 30.8. The summed E-state index contributed by atoms with van der Waals surface area (Å²) < 4.78 is 75.6. The Morgan fingerprint density at radius 1 is 0.729 bits per heavy atom. The predicted octanol–water partition coefficient (Wildman–Crippen LogP) is 5.26. The van der Waals surface area contributed by atoms with E-state index in [1.807, 2.05) is 6.07 Å². The normalized spacial score (nSPS) is 14.5. The molecule has 252 valence electrons. The van der Waals surface area contributed by atoms with Gasteiger partial charge in [-0.15, -0.1) is 5.56 Å². The number of hydrogen-bond acceptors (Lipinski definition) is 0. The van der Waals surface area contributed by atoms with Crippen LogP contribution in [0.15, 0.2) is 109 Å². The summed E-state index contributed by atoms with van der Waals surface area (Å²) in [5.74, 6) is 0.573. The van der Waals surface area contributed by atoms with Crippen molar-refractivity contribution >= 4 is 3.21 Å². The first-order valence-corrected chi connectivity index (χ1v) is 16.1. The third-order valence-electron chi connectivity index (χ3n) is 7.76. The summed E-state index contributed by atoms with van der Waals surface area (Å²) in [7, 11) is 0. The molecule has 4 aromatic rings. The van der Waals surface area contributed by atoms with E-state index in [1.54, 1.807) is 0 Å². The summed E-state index contributed by atoms with van der Waals surface area (Å²) in [5, 5.41) is 0. The second-order valence-electron chi connectivity index (χ2n) is 12.1. The van der Waals surface area contributed by atoms with Gasteiger partial charge < -0.3 is 24.8 Å². The molecule has 0 fully saturated rings. The molecule has 0 aliphatic heterocycles. The van der Waals surface area contributed by atoms with Crippen molar-refractivity contribution in [2.75, 3.05) is 0 Å². The van der Waals surface area contributed by atoms with Crippen LogP contribution >= 0.6 is 0 Å². The van der Waals surface area contributed by atoms with Gasteiger partial charge in [0, 0.05) is 0 Å². The number of allylic oxidation sites excluding steroid dienone is 4. The minimum atomic E-state index is -4.41. The van der Waals surface area contributed by atoms with E-state index in [9.17, 15) is 26.3 Å². The molecule has 0 aromatic heterocycles. The van der Waals surface area contributed by atoms with Gasteiger partial charge in [0.1, 0.15) is 0 Å². The molecule has 1 atom stereocenters. The van der Waals surface area contributed by atoms with Crippen molar-refractivity contribution < 1.29 is 75.4 Å². The van der Waals surface area contributed by atoms with Crippen molar-refractivity contribution in [3.63, 3.8) is 0 Å². The fourth-order valence-corrected chi connectivity index (χ4v) is 5.85. The number of rotatable bonds is 3. The summed E-state index contributed by atoms with van der Waals surface area (Å²) in [4.78, 5) is 0. The molecule has 0 heterocycles. The molecule has 0 spiro atoms. The monoisotopic (exact) mass is 776 g/mol. The SMILES string of the molecule is CCC1[C-]=CC(C(C)(C)C)=C1.FC(F)(F)c1ccc([C](=[Zr+2])c2ccc(C(F)(F)F)cc2)cc1.[Cl-].[Cl-].[c-]1cccc2c1Cc1ccccc1-2. The smallest absolute Gasteiger partial charge is 0.0253 e. The average Bonchev–Trinajstić information content (AvgIpc) is 3.66. The van der Waals surface area contributed by atoms with E-state index >= 15 is 0 Å².